The number of carbonyl (C=O) groups is 1. The van der Waals surface area contributed by atoms with E-state index in [1.807, 2.05) is 13.0 Å². The molecule has 0 aliphatic heterocycles. The summed E-state index contributed by atoms with van der Waals surface area (Å²) in [4.78, 5) is 18.1. The SMILES string of the molecule is Cc1ncc(-c2ccc(C)c(C(=O)O)c2)[nH]1. The van der Waals surface area contributed by atoms with Crippen molar-refractivity contribution in [3.05, 3.63) is 41.3 Å². The minimum absolute atomic E-state index is 0.324. The van der Waals surface area contributed by atoms with Crippen molar-refractivity contribution in [3.63, 3.8) is 0 Å². The molecule has 82 valence electrons. The number of nitrogens with zero attached hydrogens (tertiary/aromatic N) is 1. The first-order chi connectivity index (χ1) is 7.58. The molecule has 2 N–H and O–H groups in total. The topological polar surface area (TPSA) is 66.0 Å². The summed E-state index contributed by atoms with van der Waals surface area (Å²) in [6.45, 7) is 3.64. The Bertz CT molecular complexity index is 544. The van der Waals surface area contributed by atoms with Crippen LogP contribution in [0, 0.1) is 13.8 Å². The highest BCUT2D eigenvalue weighted by molar-refractivity contribution is 5.90. The van der Waals surface area contributed by atoms with E-state index in [0.717, 1.165) is 22.6 Å². The molecule has 0 aliphatic rings. The maximum Gasteiger partial charge on any atom is 0.335 e. The molecular formula is C12H12N2O2. The lowest BCUT2D eigenvalue weighted by molar-refractivity contribution is 0.0696. The van der Waals surface area contributed by atoms with Crippen molar-refractivity contribution in [2.24, 2.45) is 0 Å². The highest BCUT2D eigenvalue weighted by Gasteiger charge is 2.09. The van der Waals surface area contributed by atoms with E-state index < -0.39 is 5.97 Å². The average molecular weight is 216 g/mol. The lowest BCUT2D eigenvalue weighted by atomic mass is 10.0. The van der Waals surface area contributed by atoms with E-state index >= 15 is 0 Å². The Morgan fingerprint density at radius 2 is 2.12 bits per heavy atom. The first-order valence-electron chi connectivity index (χ1n) is 4.94. The van der Waals surface area contributed by atoms with Crippen molar-refractivity contribution in [1.82, 2.24) is 9.97 Å². The van der Waals surface area contributed by atoms with Gasteiger partial charge in [0, 0.05) is 5.56 Å². The Kier molecular flexibility index (Phi) is 2.48. The highest BCUT2D eigenvalue weighted by Crippen LogP contribution is 2.20. The number of hydrogen-bond acceptors (Lipinski definition) is 2. The molecule has 0 saturated carbocycles. The van der Waals surface area contributed by atoms with Gasteiger partial charge in [-0.05, 0) is 25.5 Å². The van der Waals surface area contributed by atoms with Gasteiger partial charge in [0.05, 0.1) is 17.5 Å². The quantitative estimate of drug-likeness (QED) is 0.810. The molecular weight excluding hydrogens is 204 g/mol. The zero-order valence-corrected chi connectivity index (χ0v) is 9.11. The molecule has 0 saturated heterocycles. The summed E-state index contributed by atoms with van der Waals surface area (Å²) >= 11 is 0. The minimum Gasteiger partial charge on any atom is -0.478 e. The summed E-state index contributed by atoms with van der Waals surface area (Å²) in [6.07, 6.45) is 1.70. The second-order valence-corrected chi connectivity index (χ2v) is 3.72. The first kappa shape index (κ1) is 10.4. The predicted molar refractivity (Wildman–Crippen MR) is 60.5 cm³/mol. The number of carboxylic acid groups (broad SMARTS) is 1. The Morgan fingerprint density at radius 1 is 1.38 bits per heavy atom. The maximum absolute atomic E-state index is 11.0. The Hall–Kier alpha value is -2.10. The number of rotatable bonds is 2. The molecule has 1 aromatic heterocycles. The Morgan fingerprint density at radius 3 is 2.69 bits per heavy atom. The van der Waals surface area contributed by atoms with Gasteiger partial charge in [0.25, 0.3) is 0 Å². The standard InChI is InChI=1S/C12H12N2O2/c1-7-3-4-9(5-10(7)12(15)16)11-6-13-8(2)14-11/h3-6H,1-2H3,(H,13,14)(H,15,16). The number of aromatic nitrogens is 2. The summed E-state index contributed by atoms with van der Waals surface area (Å²) in [6, 6.07) is 5.34. The van der Waals surface area contributed by atoms with E-state index in [9.17, 15) is 4.79 Å². The van der Waals surface area contributed by atoms with Gasteiger partial charge in [-0.15, -0.1) is 0 Å². The second kappa shape index (κ2) is 3.81. The van der Waals surface area contributed by atoms with Gasteiger partial charge < -0.3 is 10.1 Å². The van der Waals surface area contributed by atoms with Crippen LogP contribution in [0.25, 0.3) is 11.3 Å². The third-order valence-corrected chi connectivity index (χ3v) is 2.48. The molecule has 4 nitrogen and oxygen atoms in total. The van der Waals surface area contributed by atoms with E-state index in [-0.39, 0.29) is 0 Å². The Labute approximate surface area is 93.0 Å². The van der Waals surface area contributed by atoms with Gasteiger partial charge in [0.1, 0.15) is 5.82 Å². The van der Waals surface area contributed by atoms with Crippen LogP contribution in [0.15, 0.2) is 24.4 Å². The molecule has 0 bridgehead atoms. The number of hydrogen-bond donors (Lipinski definition) is 2. The largest absolute Gasteiger partial charge is 0.478 e. The van der Waals surface area contributed by atoms with Crippen LogP contribution in [0.4, 0.5) is 0 Å². The van der Waals surface area contributed by atoms with Crippen molar-refractivity contribution in [3.8, 4) is 11.3 Å². The molecule has 4 heteroatoms. The van der Waals surface area contributed by atoms with E-state index in [1.165, 1.54) is 0 Å². The molecule has 0 unspecified atom stereocenters. The molecule has 2 rings (SSSR count). The summed E-state index contributed by atoms with van der Waals surface area (Å²) in [5.74, 6) is -0.0944. The molecule has 0 amide bonds. The van der Waals surface area contributed by atoms with E-state index in [0.29, 0.717) is 5.56 Å². The molecule has 0 atom stereocenters. The van der Waals surface area contributed by atoms with Gasteiger partial charge in [0.15, 0.2) is 0 Å². The number of benzene rings is 1. The number of aromatic carboxylic acids is 1. The summed E-state index contributed by atoms with van der Waals surface area (Å²) in [5, 5.41) is 9.02. The van der Waals surface area contributed by atoms with Crippen LogP contribution in [-0.2, 0) is 0 Å². The van der Waals surface area contributed by atoms with Crippen LogP contribution in [0.5, 0.6) is 0 Å². The van der Waals surface area contributed by atoms with E-state index in [4.69, 9.17) is 5.11 Å². The third kappa shape index (κ3) is 1.82. The van der Waals surface area contributed by atoms with Crippen molar-refractivity contribution in [2.75, 3.05) is 0 Å². The first-order valence-corrected chi connectivity index (χ1v) is 4.94. The molecule has 1 heterocycles. The van der Waals surface area contributed by atoms with Gasteiger partial charge >= 0.3 is 5.97 Å². The molecule has 0 spiro atoms. The van der Waals surface area contributed by atoms with Crippen LogP contribution < -0.4 is 0 Å². The molecule has 0 aliphatic carbocycles. The van der Waals surface area contributed by atoms with Gasteiger partial charge in [-0.3, -0.25) is 0 Å². The summed E-state index contributed by atoms with van der Waals surface area (Å²) in [5.41, 5.74) is 2.75. The number of aromatic amines is 1. The zero-order chi connectivity index (χ0) is 11.7. The zero-order valence-electron chi connectivity index (χ0n) is 9.11. The molecule has 2 aromatic rings. The van der Waals surface area contributed by atoms with Gasteiger partial charge in [0.2, 0.25) is 0 Å². The maximum atomic E-state index is 11.0. The van der Waals surface area contributed by atoms with E-state index in [1.54, 1.807) is 25.3 Å². The molecule has 0 radical (unpaired) electrons. The lowest BCUT2D eigenvalue weighted by Gasteiger charge is -2.03. The molecule has 0 fully saturated rings. The fraction of sp³-hybridized carbons (Fsp3) is 0.167. The normalized spacial score (nSPS) is 10.4. The number of H-pyrrole nitrogens is 1. The monoisotopic (exact) mass is 216 g/mol. The van der Waals surface area contributed by atoms with Crippen LogP contribution in [0.3, 0.4) is 0 Å². The van der Waals surface area contributed by atoms with Crippen molar-refractivity contribution in [2.45, 2.75) is 13.8 Å². The van der Waals surface area contributed by atoms with Crippen LogP contribution in [0.2, 0.25) is 0 Å². The van der Waals surface area contributed by atoms with Crippen molar-refractivity contribution < 1.29 is 9.90 Å². The highest BCUT2D eigenvalue weighted by atomic mass is 16.4. The predicted octanol–water partition coefficient (Wildman–Crippen LogP) is 2.39. The van der Waals surface area contributed by atoms with Crippen molar-refractivity contribution in [1.29, 1.82) is 0 Å². The van der Waals surface area contributed by atoms with Gasteiger partial charge in [-0.25, -0.2) is 9.78 Å². The lowest BCUT2D eigenvalue weighted by Crippen LogP contribution is -1.99. The summed E-state index contributed by atoms with van der Waals surface area (Å²) < 4.78 is 0. The number of imidazole rings is 1. The van der Waals surface area contributed by atoms with Gasteiger partial charge in [-0.2, -0.15) is 0 Å². The smallest absolute Gasteiger partial charge is 0.335 e. The van der Waals surface area contributed by atoms with Gasteiger partial charge in [-0.1, -0.05) is 12.1 Å². The number of carboxylic acids is 1. The fourth-order valence-electron chi connectivity index (χ4n) is 1.59. The third-order valence-electron chi connectivity index (χ3n) is 2.48. The van der Waals surface area contributed by atoms with Crippen LogP contribution in [0.1, 0.15) is 21.7 Å². The van der Waals surface area contributed by atoms with Crippen LogP contribution >= 0.6 is 0 Å². The average Bonchev–Trinajstić information content (AvgIpc) is 2.65. The van der Waals surface area contributed by atoms with Crippen LogP contribution in [-0.4, -0.2) is 21.0 Å². The van der Waals surface area contributed by atoms with E-state index in [2.05, 4.69) is 9.97 Å². The molecule has 16 heavy (non-hydrogen) atoms. The Balaban J connectivity index is 2.51. The summed E-state index contributed by atoms with van der Waals surface area (Å²) in [7, 11) is 0. The van der Waals surface area contributed by atoms with Crippen molar-refractivity contribution >= 4 is 5.97 Å². The fourth-order valence-corrected chi connectivity index (χ4v) is 1.59. The molecule has 1 aromatic carbocycles. The number of aryl methyl sites for hydroxylation is 2. The number of nitrogens with one attached hydrogen (secondary N) is 1. The minimum atomic E-state index is -0.907. The second-order valence-electron chi connectivity index (χ2n) is 3.72.